The molecule has 1 aromatic carbocycles. The van der Waals surface area contributed by atoms with E-state index in [0.717, 1.165) is 0 Å². The molecule has 1 aliphatic heterocycles. The highest BCUT2D eigenvalue weighted by atomic mass is 32.2. The molecule has 2 N–H and O–H groups in total. The average molecular weight is 285 g/mol. The topological polar surface area (TPSA) is 78.6 Å². The molecule has 0 spiro atoms. The van der Waals surface area contributed by atoms with Crippen LogP contribution >= 0.6 is 0 Å². The SMILES string of the molecule is CC(C)CS(=O)(=O)Cc1cc2c(cc1N)OCCO2. The lowest BCUT2D eigenvalue weighted by atomic mass is 10.2. The van der Waals surface area contributed by atoms with Crippen LogP contribution in [0.1, 0.15) is 19.4 Å². The molecule has 1 aliphatic rings. The van der Waals surface area contributed by atoms with Crippen LogP contribution in [0.5, 0.6) is 11.5 Å². The minimum Gasteiger partial charge on any atom is -0.486 e. The third-order valence-electron chi connectivity index (χ3n) is 2.77. The Hall–Kier alpha value is -1.43. The predicted octanol–water partition coefficient (Wildman–Crippen LogP) is 1.61. The molecule has 0 saturated heterocycles. The summed E-state index contributed by atoms with van der Waals surface area (Å²) in [5, 5.41) is 0. The lowest BCUT2D eigenvalue weighted by Crippen LogP contribution is -2.18. The summed E-state index contributed by atoms with van der Waals surface area (Å²) in [5.74, 6) is 1.33. The van der Waals surface area contributed by atoms with Gasteiger partial charge in [-0.25, -0.2) is 8.42 Å². The van der Waals surface area contributed by atoms with Gasteiger partial charge >= 0.3 is 0 Å². The van der Waals surface area contributed by atoms with E-state index in [4.69, 9.17) is 15.2 Å². The van der Waals surface area contributed by atoms with E-state index in [2.05, 4.69) is 0 Å². The number of nitrogen functional groups attached to an aromatic ring is 1. The Morgan fingerprint density at radius 3 is 2.37 bits per heavy atom. The maximum absolute atomic E-state index is 12.0. The Kier molecular flexibility index (Phi) is 3.89. The van der Waals surface area contributed by atoms with Gasteiger partial charge in [0.25, 0.3) is 0 Å². The molecule has 2 rings (SSSR count). The summed E-state index contributed by atoms with van der Waals surface area (Å²) in [6.07, 6.45) is 0. The number of anilines is 1. The molecule has 19 heavy (non-hydrogen) atoms. The lowest BCUT2D eigenvalue weighted by molar-refractivity contribution is 0.171. The van der Waals surface area contributed by atoms with Crippen molar-refractivity contribution in [1.82, 2.24) is 0 Å². The van der Waals surface area contributed by atoms with Gasteiger partial charge < -0.3 is 15.2 Å². The molecule has 5 nitrogen and oxygen atoms in total. The third kappa shape index (κ3) is 3.53. The molecular formula is C13H19NO4S. The van der Waals surface area contributed by atoms with Crippen LogP contribution < -0.4 is 15.2 Å². The van der Waals surface area contributed by atoms with E-state index in [9.17, 15) is 8.42 Å². The van der Waals surface area contributed by atoms with Crippen molar-refractivity contribution in [3.8, 4) is 11.5 Å². The molecule has 6 heteroatoms. The van der Waals surface area contributed by atoms with E-state index >= 15 is 0 Å². The van der Waals surface area contributed by atoms with Gasteiger partial charge in [-0.15, -0.1) is 0 Å². The summed E-state index contributed by atoms with van der Waals surface area (Å²) in [7, 11) is -3.16. The summed E-state index contributed by atoms with van der Waals surface area (Å²) in [6, 6.07) is 3.30. The molecule has 0 aromatic heterocycles. The Labute approximate surface area is 113 Å². The Morgan fingerprint density at radius 2 is 1.79 bits per heavy atom. The number of benzene rings is 1. The molecule has 0 bridgehead atoms. The second kappa shape index (κ2) is 5.28. The molecule has 0 amide bonds. The Bertz CT molecular complexity index is 566. The van der Waals surface area contributed by atoms with Gasteiger partial charge in [-0.05, 0) is 17.5 Å². The first-order valence-electron chi connectivity index (χ1n) is 6.26. The van der Waals surface area contributed by atoms with Crippen LogP contribution in [-0.4, -0.2) is 27.4 Å². The van der Waals surface area contributed by atoms with E-state index in [1.54, 1.807) is 12.1 Å². The van der Waals surface area contributed by atoms with Crippen molar-refractivity contribution in [1.29, 1.82) is 0 Å². The Balaban J connectivity index is 2.26. The molecule has 0 fully saturated rings. The van der Waals surface area contributed by atoms with Crippen LogP contribution in [0.15, 0.2) is 12.1 Å². The van der Waals surface area contributed by atoms with Crippen molar-refractivity contribution >= 4 is 15.5 Å². The summed E-state index contributed by atoms with van der Waals surface area (Å²) in [6.45, 7) is 4.71. The maximum atomic E-state index is 12.0. The van der Waals surface area contributed by atoms with Crippen molar-refractivity contribution < 1.29 is 17.9 Å². The molecule has 106 valence electrons. The zero-order chi connectivity index (χ0) is 14.0. The average Bonchev–Trinajstić information content (AvgIpc) is 2.27. The minimum absolute atomic E-state index is 0.0619. The molecule has 0 atom stereocenters. The fourth-order valence-corrected chi connectivity index (χ4v) is 3.93. The number of hydrogen-bond acceptors (Lipinski definition) is 5. The van der Waals surface area contributed by atoms with E-state index in [-0.39, 0.29) is 17.4 Å². The van der Waals surface area contributed by atoms with E-state index in [0.29, 0.717) is 36.0 Å². The highest BCUT2D eigenvalue weighted by molar-refractivity contribution is 7.90. The number of nitrogens with two attached hydrogens (primary N) is 1. The number of hydrogen-bond donors (Lipinski definition) is 1. The molecular weight excluding hydrogens is 266 g/mol. The standard InChI is InChI=1S/C13H19NO4S/c1-9(2)7-19(15,16)8-10-5-12-13(6-11(10)14)18-4-3-17-12/h5-6,9H,3-4,7-8,14H2,1-2H3. The van der Waals surface area contributed by atoms with Gasteiger partial charge in [0.2, 0.25) is 0 Å². The molecule has 0 radical (unpaired) electrons. The van der Waals surface area contributed by atoms with Crippen LogP contribution in [0.2, 0.25) is 0 Å². The first-order chi connectivity index (χ1) is 8.87. The van der Waals surface area contributed by atoms with Crippen molar-refractivity contribution in [2.45, 2.75) is 19.6 Å². The van der Waals surface area contributed by atoms with Crippen molar-refractivity contribution in [3.63, 3.8) is 0 Å². The summed E-state index contributed by atoms with van der Waals surface area (Å²) in [5.41, 5.74) is 6.88. The normalized spacial score (nSPS) is 14.7. The van der Waals surface area contributed by atoms with E-state index < -0.39 is 9.84 Å². The van der Waals surface area contributed by atoms with Crippen LogP contribution in [0.4, 0.5) is 5.69 Å². The highest BCUT2D eigenvalue weighted by Crippen LogP contribution is 2.35. The molecule has 0 unspecified atom stereocenters. The van der Waals surface area contributed by atoms with Crippen molar-refractivity contribution in [3.05, 3.63) is 17.7 Å². The zero-order valence-corrected chi connectivity index (χ0v) is 12.0. The number of sulfone groups is 1. The third-order valence-corrected chi connectivity index (χ3v) is 4.69. The van der Waals surface area contributed by atoms with E-state index in [1.165, 1.54) is 0 Å². The van der Waals surface area contributed by atoms with Gasteiger partial charge in [-0.1, -0.05) is 13.8 Å². The molecule has 0 aliphatic carbocycles. The molecule has 0 saturated carbocycles. The summed E-state index contributed by atoms with van der Waals surface area (Å²) >= 11 is 0. The second-order valence-electron chi connectivity index (χ2n) is 5.14. The fraction of sp³-hybridized carbons (Fsp3) is 0.538. The van der Waals surface area contributed by atoms with Crippen LogP contribution in [0.3, 0.4) is 0 Å². The van der Waals surface area contributed by atoms with Crippen molar-refractivity contribution in [2.75, 3.05) is 24.7 Å². The van der Waals surface area contributed by atoms with Gasteiger partial charge in [-0.2, -0.15) is 0 Å². The predicted molar refractivity (Wildman–Crippen MR) is 74.2 cm³/mol. The largest absolute Gasteiger partial charge is 0.486 e. The highest BCUT2D eigenvalue weighted by Gasteiger charge is 2.19. The molecule has 1 heterocycles. The Morgan fingerprint density at radius 1 is 1.21 bits per heavy atom. The number of ether oxygens (including phenoxy) is 2. The first-order valence-corrected chi connectivity index (χ1v) is 8.08. The van der Waals surface area contributed by atoms with Gasteiger partial charge in [0.15, 0.2) is 21.3 Å². The first kappa shape index (κ1) is 14.0. The zero-order valence-electron chi connectivity index (χ0n) is 11.2. The number of fused-ring (bicyclic) bond motifs is 1. The summed E-state index contributed by atoms with van der Waals surface area (Å²) < 4.78 is 34.8. The van der Waals surface area contributed by atoms with Crippen LogP contribution in [-0.2, 0) is 15.6 Å². The molecule has 1 aromatic rings. The number of rotatable bonds is 4. The van der Waals surface area contributed by atoms with Crippen molar-refractivity contribution in [2.24, 2.45) is 5.92 Å². The quantitative estimate of drug-likeness (QED) is 0.850. The second-order valence-corrected chi connectivity index (χ2v) is 7.25. The van der Waals surface area contributed by atoms with Gasteiger partial charge in [0, 0.05) is 11.8 Å². The van der Waals surface area contributed by atoms with Crippen LogP contribution in [0, 0.1) is 5.92 Å². The van der Waals surface area contributed by atoms with E-state index in [1.807, 2.05) is 13.8 Å². The smallest absolute Gasteiger partial charge is 0.163 e. The van der Waals surface area contributed by atoms with Gasteiger partial charge in [0.1, 0.15) is 13.2 Å². The lowest BCUT2D eigenvalue weighted by Gasteiger charge is -2.20. The fourth-order valence-electron chi connectivity index (χ4n) is 2.08. The van der Waals surface area contributed by atoms with Gasteiger partial charge in [0.05, 0.1) is 11.5 Å². The minimum atomic E-state index is -3.16. The maximum Gasteiger partial charge on any atom is 0.163 e. The van der Waals surface area contributed by atoms with Gasteiger partial charge in [-0.3, -0.25) is 0 Å². The van der Waals surface area contributed by atoms with Crippen LogP contribution in [0.25, 0.3) is 0 Å². The monoisotopic (exact) mass is 285 g/mol. The summed E-state index contributed by atoms with van der Waals surface area (Å²) in [4.78, 5) is 0.